The van der Waals surface area contributed by atoms with E-state index in [1.807, 2.05) is 4.90 Å². The number of anilines is 3. The zero-order chi connectivity index (χ0) is 22.0. The van der Waals surface area contributed by atoms with Crippen LogP contribution in [0.5, 0.6) is 0 Å². The van der Waals surface area contributed by atoms with Crippen molar-refractivity contribution in [3.8, 4) is 0 Å². The molecule has 2 amide bonds. The van der Waals surface area contributed by atoms with Gasteiger partial charge in [-0.1, -0.05) is 0 Å². The minimum atomic E-state index is -0.975. The standard InChI is InChI=1S/C21H23N5O5/c1-2-31-20(30)12-5-7-13(8-6-12)22-18(28)14-11-15(27)23-17-16(14)19(29)25-21(24-17)26-9-3-4-10-26/h5-8,14H,2-4,9-11H2,1H3,(H,22,28)(H2,23,24,25,27,29)/t14-/m1/s1. The molecule has 0 saturated carbocycles. The lowest BCUT2D eigenvalue weighted by Gasteiger charge is -2.25. The molecule has 0 radical (unpaired) electrons. The summed E-state index contributed by atoms with van der Waals surface area (Å²) in [6.07, 6.45) is 1.86. The number of nitrogens with zero attached hydrogens (tertiary/aromatic N) is 2. The zero-order valence-corrected chi connectivity index (χ0v) is 17.1. The van der Waals surface area contributed by atoms with Gasteiger partial charge in [0.25, 0.3) is 5.56 Å². The molecule has 1 aromatic heterocycles. The predicted molar refractivity (Wildman–Crippen MR) is 113 cm³/mol. The fourth-order valence-electron chi connectivity index (χ4n) is 3.80. The molecule has 2 aliphatic rings. The van der Waals surface area contributed by atoms with Crippen molar-refractivity contribution in [2.24, 2.45) is 0 Å². The average Bonchev–Trinajstić information content (AvgIpc) is 3.28. The summed E-state index contributed by atoms with van der Waals surface area (Å²) < 4.78 is 4.94. The SMILES string of the molecule is CCOC(=O)c1ccc(NC(=O)[C@@H]2CC(=O)Nc3nc(N4CCCC4)[nH]c(=O)c32)cc1. The lowest BCUT2D eigenvalue weighted by molar-refractivity contribution is -0.123. The van der Waals surface area contributed by atoms with Crippen molar-refractivity contribution < 1.29 is 19.1 Å². The number of H-pyrrole nitrogens is 1. The molecule has 10 nitrogen and oxygen atoms in total. The summed E-state index contributed by atoms with van der Waals surface area (Å²) in [7, 11) is 0. The molecule has 1 atom stereocenters. The molecule has 10 heteroatoms. The first-order valence-electron chi connectivity index (χ1n) is 10.2. The number of rotatable bonds is 5. The van der Waals surface area contributed by atoms with E-state index in [0.717, 1.165) is 25.9 Å². The fraction of sp³-hybridized carbons (Fsp3) is 0.381. The summed E-state index contributed by atoms with van der Waals surface area (Å²) >= 11 is 0. The van der Waals surface area contributed by atoms with E-state index in [0.29, 0.717) is 17.2 Å². The van der Waals surface area contributed by atoms with Crippen molar-refractivity contribution in [1.29, 1.82) is 0 Å². The molecule has 2 aliphatic heterocycles. The Morgan fingerprint density at radius 3 is 2.58 bits per heavy atom. The van der Waals surface area contributed by atoms with E-state index in [2.05, 4.69) is 20.6 Å². The first kappa shape index (κ1) is 20.6. The van der Waals surface area contributed by atoms with Crippen molar-refractivity contribution in [2.75, 3.05) is 35.2 Å². The molecule has 0 bridgehead atoms. The van der Waals surface area contributed by atoms with Gasteiger partial charge in [0.2, 0.25) is 17.8 Å². The molecule has 1 saturated heterocycles. The Morgan fingerprint density at radius 1 is 1.19 bits per heavy atom. The first-order chi connectivity index (χ1) is 15.0. The van der Waals surface area contributed by atoms with Crippen molar-refractivity contribution in [1.82, 2.24) is 9.97 Å². The summed E-state index contributed by atoms with van der Waals surface area (Å²) in [5.41, 5.74) is 0.494. The minimum absolute atomic E-state index is 0.125. The van der Waals surface area contributed by atoms with Crippen LogP contribution in [0.4, 0.5) is 17.5 Å². The molecule has 0 aliphatic carbocycles. The molecule has 162 valence electrons. The first-order valence-corrected chi connectivity index (χ1v) is 10.2. The van der Waals surface area contributed by atoms with Crippen molar-refractivity contribution in [3.05, 3.63) is 45.7 Å². The van der Waals surface area contributed by atoms with Crippen LogP contribution in [0.1, 0.15) is 48.0 Å². The van der Waals surface area contributed by atoms with E-state index in [-0.39, 0.29) is 30.3 Å². The van der Waals surface area contributed by atoms with Crippen molar-refractivity contribution in [3.63, 3.8) is 0 Å². The van der Waals surface area contributed by atoms with Gasteiger partial charge in [-0.15, -0.1) is 0 Å². The molecule has 31 heavy (non-hydrogen) atoms. The fourth-order valence-corrected chi connectivity index (χ4v) is 3.80. The van der Waals surface area contributed by atoms with Gasteiger partial charge in [0.1, 0.15) is 5.82 Å². The highest BCUT2D eigenvalue weighted by Crippen LogP contribution is 2.30. The second kappa shape index (κ2) is 8.58. The Kier molecular flexibility index (Phi) is 5.70. The third kappa shape index (κ3) is 4.27. The number of nitrogens with one attached hydrogen (secondary N) is 3. The summed E-state index contributed by atoms with van der Waals surface area (Å²) in [6.45, 7) is 3.54. The van der Waals surface area contributed by atoms with Crippen LogP contribution in [0.15, 0.2) is 29.1 Å². The van der Waals surface area contributed by atoms with E-state index >= 15 is 0 Å². The van der Waals surface area contributed by atoms with E-state index in [4.69, 9.17) is 4.74 Å². The number of carbonyl (C=O) groups is 3. The summed E-state index contributed by atoms with van der Waals surface area (Å²) in [4.78, 5) is 58.8. The normalized spacial score (nSPS) is 17.6. The van der Waals surface area contributed by atoms with Gasteiger partial charge in [-0.05, 0) is 44.0 Å². The van der Waals surface area contributed by atoms with E-state index in [1.54, 1.807) is 19.1 Å². The number of ether oxygens (including phenoxy) is 1. The van der Waals surface area contributed by atoms with Gasteiger partial charge in [-0.25, -0.2) is 4.79 Å². The second-order valence-electron chi connectivity index (χ2n) is 7.44. The van der Waals surface area contributed by atoms with E-state index in [9.17, 15) is 19.2 Å². The number of amides is 2. The van der Waals surface area contributed by atoms with Crippen LogP contribution in [0, 0.1) is 0 Å². The maximum atomic E-state index is 12.9. The predicted octanol–water partition coefficient (Wildman–Crippen LogP) is 1.61. The number of benzene rings is 1. The number of hydrogen-bond acceptors (Lipinski definition) is 7. The lowest BCUT2D eigenvalue weighted by Crippen LogP contribution is -2.37. The highest BCUT2D eigenvalue weighted by atomic mass is 16.5. The van der Waals surface area contributed by atoms with Gasteiger partial charge in [0.05, 0.1) is 23.7 Å². The molecule has 4 rings (SSSR count). The topological polar surface area (TPSA) is 133 Å². The van der Waals surface area contributed by atoms with Crippen LogP contribution in [-0.2, 0) is 14.3 Å². The smallest absolute Gasteiger partial charge is 0.338 e. The third-order valence-electron chi connectivity index (χ3n) is 5.32. The summed E-state index contributed by atoms with van der Waals surface area (Å²) in [5, 5.41) is 5.32. The molecule has 3 heterocycles. The van der Waals surface area contributed by atoms with Gasteiger partial charge in [-0.2, -0.15) is 4.98 Å². The Bertz CT molecular complexity index is 1070. The number of hydrogen-bond donors (Lipinski definition) is 3. The van der Waals surface area contributed by atoms with Crippen molar-refractivity contribution in [2.45, 2.75) is 32.1 Å². The maximum absolute atomic E-state index is 12.9. The summed E-state index contributed by atoms with van der Waals surface area (Å²) in [5.74, 6) is -1.78. The second-order valence-corrected chi connectivity index (χ2v) is 7.44. The largest absolute Gasteiger partial charge is 0.462 e. The highest BCUT2D eigenvalue weighted by Gasteiger charge is 2.35. The van der Waals surface area contributed by atoms with Gasteiger partial charge in [-0.3, -0.25) is 19.4 Å². The van der Waals surface area contributed by atoms with E-state index in [1.165, 1.54) is 12.1 Å². The van der Waals surface area contributed by atoms with Crippen LogP contribution < -0.4 is 21.1 Å². The summed E-state index contributed by atoms with van der Waals surface area (Å²) in [6, 6.07) is 6.19. The number of carbonyl (C=O) groups excluding carboxylic acids is 3. The quantitative estimate of drug-likeness (QED) is 0.620. The monoisotopic (exact) mass is 425 g/mol. The van der Waals surface area contributed by atoms with Crippen molar-refractivity contribution >= 4 is 35.2 Å². The van der Waals surface area contributed by atoms with Gasteiger partial charge >= 0.3 is 5.97 Å². The van der Waals surface area contributed by atoms with E-state index < -0.39 is 23.4 Å². The number of aromatic amines is 1. The number of esters is 1. The Morgan fingerprint density at radius 2 is 1.90 bits per heavy atom. The van der Waals surface area contributed by atoms with Crippen LogP contribution >= 0.6 is 0 Å². The number of aromatic nitrogens is 2. The molecule has 0 unspecified atom stereocenters. The van der Waals surface area contributed by atoms with Gasteiger partial charge in [0.15, 0.2) is 0 Å². The number of fused-ring (bicyclic) bond motifs is 1. The minimum Gasteiger partial charge on any atom is -0.462 e. The molecule has 1 aromatic carbocycles. The molecule has 2 aromatic rings. The third-order valence-corrected chi connectivity index (χ3v) is 5.32. The lowest BCUT2D eigenvalue weighted by atomic mass is 9.92. The molecular weight excluding hydrogens is 402 g/mol. The maximum Gasteiger partial charge on any atom is 0.338 e. The van der Waals surface area contributed by atoms with Gasteiger partial charge < -0.3 is 20.3 Å². The highest BCUT2D eigenvalue weighted by molar-refractivity contribution is 6.04. The van der Waals surface area contributed by atoms with Crippen LogP contribution in [0.2, 0.25) is 0 Å². The Balaban J connectivity index is 1.56. The van der Waals surface area contributed by atoms with Crippen LogP contribution in [0.3, 0.4) is 0 Å². The average molecular weight is 425 g/mol. The zero-order valence-electron chi connectivity index (χ0n) is 17.1. The van der Waals surface area contributed by atoms with Gasteiger partial charge in [0, 0.05) is 25.2 Å². The Hall–Kier alpha value is -3.69. The molecular formula is C21H23N5O5. The Labute approximate surface area is 178 Å². The van der Waals surface area contributed by atoms with Crippen LogP contribution in [-0.4, -0.2) is 47.4 Å². The van der Waals surface area contributed by atoms with Crippen LogP contribution in [0.25, 0.3) is 0 Å². The molecule has 3 N–H and O–H groups in total. The molecule has 0 spiro atoms. The molecule has 1 fully saturated rings.